The molecule has 0 bridgehead atoms. The second-order valence-corrected chi connectivity index (χ2v) is 3.10. The molecule has 0 spiro atoms. The minimum Gasteiger partial charge on any atom is -0.279 e. The van der Waals surface area contributed by atoms with Crippen LogP contribution in [0.3, 0.4) is 0 Å². The van der Waals surface area contributed by atoms with Crippen molar-refractivity contribution in [1.29, 1.82) is 0 Å². The number of rotatable bonds is 3. The Kier molecular flexibility index (Phi) is 3.99. The molecule has 0 fully saturated rings. The van der Waals surface area contributed by atoms with Crippen LogP contribution in [-0.4, -0.2) is 7.11 Å². The van der Waals surface area contributed by atoms with Crippen LogP contribution >= 0.6 is 15.9 Å². The Morgan fingerprint density at radius 1 is 1.46 bits per heavy atom. The molecule has 0 aromatic heterocycles. The average molecular weight is 242 g/mol. The summed E-state index contributed by atoms with van der Waals surface area (Å²) in [6, 6.07) is 8.10. The van der Waals surface area contributed by atoms with Crippen LogP contribution in [0.1, 0.15) is 11.1 Å². The van der Waals surface area contributed by atoms with Gasteiger partial charge in [0.1, 0.15) is 0 Å². The predicted molar refractivity (Wildman–Crippen MR) is 58.2 cm³/mol. The molecule has 0 radical (unpaired) electrons. The van der Waals surface area contributed by atoms with E-state index in [2.05, 4.69) is 34.4 Å². The van der Waals surface area contributed by atoms with Crippen LogP contribution in [0.25, 0.3) is 5.70 Å². The van der Waals surface area contributed by atoms with Crippen molar-refractivity contribution in [2.45, 2.75) is 6.92 Å². The Bertz CT molecular complexity index is 310. The lowest BCUT2D eigenvalue weighted by molar-refractivity contribution is 0.137. The summed E-state index contributed by atoms with van der Waals surface area (Å²) in [7, 11) is 1.59. The van der Waals surface area contributed by atoms with Crippen molar-refractivity contribution in [2.24, 2.45) is 0 Å². The molecule has 0 unspecified atom stereocenters. The lowest BCUT2D eigenvalue weighted by Crippen LogP contribution is -2.10. The molecular formula is C10H12BrNO. The van der Waals surface area contributed by atoms with Gasteiger partial charge in [-0.3, -0.25) is 10.3 Å². The zero-order valence-corrected chi connectivity index (χ0v) is 9.26. The summed E-state index contributed by atoms with van der Waals surface area (Å²) in [5.74, 6) is 0. The number of benzene rings is 1. The molecule has 0 aliphatic carbocycles. The van der Waals surface area contributed by atoms with E-state index in [9.17, 15) is 0 Å². The Morgan fingerprint density at radius 2 is 2.15 bits per heavy atom. The number of hydrogen-bond donors (Lipinski definition) is 1. The summed E-state index contributed by atoms with van der Waals surface area (Å²) >= 11 is 3.28. The molecular weight excluding hydrogens is 230 g/mol. The highest BCUT2D eigenvalue weighted by atomic mass is 79.9. The van der Waals surface area contributed by atoms with E-state index in [4.69, 9.17) is 4.84 Å². The maximum atomic E-state index is 4.86. The first-order valence-electron chi connectivity index (χ1n) is 3.95. The second kappa shape index (κ2) is 5.04. The topological polar surface area (TPSA) is 21.3 Å². The van der Waals surface area contributed by atoms with E-state index >= 15 is 0 Å². The normalized spacial score (nSPS) is 11.5. The highest BCUT2D eigenvalue weighted by Gasteiger charge is 2.02. The zero-order valence-electron chi connectivity index (χ0n) is 7.67. The van der Waals surface area contributed by atoms with Gasteiger partial charge in [0.15, 0.2) is 0 Å². The van der Waals surface area contributed by atoms with Crippen LogP contribution in [0.4, 0.5) is 0 Å². The van der Waals surface area contributed by atoms with E-state index in [0.717, 1.165) is 11.3 Å². The van der Waals surface area contributed by atoms with Crippen molar-refractivity contribution in [3.63, 3.8) is 0 Å². The molecule has 0 amide bonds. The SMILES string of the molecule is CONC(=CBr)c1ccccc1C. The summed E-state index contributed by atoms with van der Waals surface area (Å²) in [6.45, 7) is 2.06. The summed E-state index contributed by atoms with van der Waals surface area (Å²) in [5, 5.41) is 0. The van der Waals surface area contributed by atoms with Crippen molar-refractivity contribution >= 4 is 21.6 Å². The maximum Gasteiger partial charge on any atom is 0.0748 e. The van der Waals surface area contributed by atoms with Gasteiger partial charge >= 0.3 is 0 Å². The standard InChI is InChI=1S/C10H12BrNO/c1-8-5-3-4-6-9(8)10(7-11)12-13-2/h3-7,12H,1-2H3. The summed E-state index contributed by atoms with van der Waals surface area (Å²) < 4.78 is 0. The highest BCUT2D eigenvalue weighted by Crippen LogP contribution is 2.17. The number of aryl methyl sites for hydroxylation is 1. The molecule has 0 saturated carbocycles. The molecule has 3 heteroatoms. The van der Waals surface area contributed by atoms with Gasteiger partial charge in [-0.1, -0.05) is 40.2 Å². The van der Waals surface area contributed by atoms with Gasteiger partial charge < -0.3 is 0 Å². The van der Waals surface area contributed by atoms with Gasteiger partial charge in [-0.05, 0) is 12.5 Å². The van der Waals surface area contributed by atoms with Crippen LogP contribution in [-0.2, 0) is 4.84 Å². The van der Waals surface area contributed by atoms with Gasteiger partial charge in [0.25, 0.3) is 0 Å². The fourth-order valence-electron chi connectivity index (χ4n) is 1.12. The Hall–Kier alpha value is -0.800. The van der Waals surface area contributed by atoms with Crippen LogP contribution in [0, 0.1) is 6.92 Å². The molecule has 0 heterocycles. The van der Waals surface area contributed by atoms with Crippen molar-refractivity contribution < 1.29 is 4.84 Å². The Balaban J connectivity index is 2.99. The predicted octanol–water partition coefficient (Wildman–Crippen LogP) is 2.84. The fourth-order valence-corrected chi connectivity index (χ4v) is 1.46. The third-order valence-corrected chi connectivity index (χ3v) is 2.21. The number of nitrogens with one attached hydrogen (secondary N) is 1. The van der Waals surface area contributed by atoms with Gasteiger partial charge in [0, 0.05) is 10.5 Å². The third-order valence-electron chi connectivity index (χ3n) is 1.76. The van der Waals surface area contributed by atoms with Crippen molar-refractivity contribution in [2.75, 3.05) is 7.11 Å². The van der Waals surface area contributed by atoms with Crippen LogP contribution in [0.15, 0.2) is 29.3 Å². The van der Waals surface area contributed by atoms with E-state index in [1.165, 1.54) is 5.56 Å². The number of hydrogen-bond acceptors (Lipinski definition) is 2. The largest absolute Gasteiger partial charge is 0.279 e. The summed E-state index contributed by atoms with van der Waals surface area (Å²) in [5.41, 5.74) is 6.05. The number of hydroxylamine groups is 1. The van der Waals surface area contributed by atoms with Gasteiger partial charge in [-0.2, -0.15) is 0 Å². The maximum absolute atomic E-state index is 4.86. The Labute approximate surface area is 86.7 Å². The van der Waals surface area contributed by atoms with Crippen LogP contribution < -0.4 is 5.48 Å². The third kappa shape index (κ3) is 2.57. The molecule has 1 rings (SSSR count). The summed E-state index contributed by atoms with van der Waals surface area (Å²) in [4.78, 5) is 6.66. The Morgan fingerprint density at radius 3 is 2.69 bits per heavy atom. The lowest BCUT2D eigenvalue weighted by Gasteiger charge is -2.09. The van der Waals surface area contributed by atoms with E-state index < -0.39 is 0 Å². The van der Waals surface area contributed by atoms with Crippen molar-refractivity contribution in [3.8, 4) is 0 Å². The molecule has 70 valence electrons. The van der Waals surface area contributed by atoms with Gasteiger partial charge in [0.05, 0.1) is 12.8 Å². The van der Waals surface area contributed by atoms with Crippen LogP contribution in [0.2, 0.25) is 0 Å². The van der Waals surface area contributed by atoms with Crippen LogP contribution in [0.5, 0.6) is 0 Å². The van der Waals surface area contributed by atoms with E-state index in [1.54, 1.807) is 12.1 Å². The molecule has 0 aliphatic rings. The van der Waals surface area contributed by atoms with E-state index in [-0.39, 0.29) is 0 Å². The highest BCUT2D eigenvalue weighted by molar-refractivity contribution is 9.11. The minimum atomic E-state index is 0.917. The van der Waals surface area contributed by atoms with Gasteiger partial charge in [-0.25, -0.2) is 0 Å². The van der Waals surface area contributed by atoms with E-state index in [1.807, 2.05) is 18.2 Å². The van der Waals surface area contributed by atoms with Crippen molar-refractivity contribution in [3.05, 3.63) is 40.4 Å². The average Bonchev–Trinajstić information content (AvgIpc) is 2.16. The molecule has 0 saturated heterocycles. The first kappa shape index (κ1) is 10.3. The minimum absolute atomic E-state index is 0.917. The molecule has 0 aliphatic heterocycles. The quantitative estimate of drug-likeness (QED) is 0.823. The first-order chi connectivity index (χ1) is 6.29. The summed E-state index contributed by atoms with van der Waals surface area (Å²) in [6.07, 6.45) is 0. The molecule has 2 nitrogen and oxygen atoms in total. The fraction of sp³-hybridized carbons (Fsp3) is 0.200. The lowest BCUT2D eigenvalue weighted by atomic mass is 10.1. The van der Waals surface area contributed by atoms with E-state index in [0.29, 0.717) is 0 Å². The van der Waals surface area contributed by atoms with Crippen molar-refractivity contribution in [1.82, 2.24) is 5.48 Å². The first-order valence-corrected chi connectivity index (χ1v) is 4.86. The molecule has 0 atom stereocenters. The molecule has 13 heavy (non-hydrogen) atoms. The van der Waals surface area contributed by atoms with Gasteiger partial charge in [0.2, 0.25) is 0 Å². The monoisotopic (exact) mass is 241 g/mol. The second-order valence-electron chi connectivity index (χ2n) is 2.64. The zero-order chi connectivity index (χ0) is 9.68. The molecule has 1 aromatic rings. The number of halogens is 1. The van der Waals surface area contributed by atoms with Gasteiger partial charge in [-0.15, -0.1) is 0 Å². The molecule has 1 aromatic carbocycles. The smallest absolute Gasteiger partial charge is 0.0748 e. The molecule has 1 N–H and O–H groups in total.